The van der Waals surface area contributed by atoms with Gasteiger partial charge in [0.1, 0.15) is 23.1 Å². The number of hydrogen-bond donors (Lipinski definition) is 1. The molecule has 0 spiro atoms. The van der Waals surface area contributed by atoms with Gasteiger partial charge in [0.2, 0.25) is 0 Å². The molecule has 2 aliphatic rings. The fourth-order valence-corrected chi connectivity index (χ4v) is 6.97. The van der Waals surface area contributed by atoms with Gasteiger partial charge in [-0.15, -0.1) is 0 Å². The summed E-state index contributed by atoms with van der Waals surface area (Å²) in [4.78, 5) is 24.8. The first-order valence-electron chi connectivity index (χ1n) is 14.9. The van der Waals surface area contributed by atoms with E-state index in [2.05, 4.69) is 26.9 Å². The molecule has 6 rings (SSSR count). The van der Waals surface area contributed by atoms with Crippen LogP contribution in [0.3, 0.4) is 0 Å². The van der Waals surface area contributed by atoms with Gasteiger partial charge in [-0.1, -0.05) is 6.92 Å². The number of nitrogens with two attached hydrogens (primary N) is 1. The number of ether oxygens (including phenoxy) is 1. The third-order valence-electron chi connectivity index (χ3n) is 9.10. The molecular weight excluding hydrogens is 571 g/mol. The Labute approximate surface area is 253 Å². The molecule has 44 heavy (non-hydrogen) atoms. The summed E-state index contributed by atoms with van der Waals surface area (Å²) < 4.78 is 52.4. The standard InChI is InChI=1S/C32H36F3N7O2/c1-19-17-41(18-25(36)30(19)40(2)31(43)44-3)27-8-11-37-15-20(27)12-28-38-16-22-6-7-26(39-42(22)28)29-23(33)13-21(14-24(29)34)32(35)9-4-5-10-32/h6-8,11,13-16,19,25,30H,4-5,9-10,12,17-18,36H2,1-3H3/t19-,25+,30-/m0/s1. The average Bonchev–Trinajstić information content (AvgIpc) is 3.63. The number of methoxy groups -OCH3 is 1. The van der Waals surface area contributed by atoms with E-state index >= 15 is 13.2 Å². The Morgan fingerprint density at radius 2 is 1.86 bits per heavy atom. The number of piperidine rings is 1. The lowest BCUT2D eigenvalue weighted by Gasteiger charge is -2.45. The molecular formula is C32H36F3N7O2. The highest BCUT2D eigenvalue weighted by atomic mass is 19.1. The maximum absolute atomic E-state index is 15.3. The van der Waals surface area contributed by atoms with E-state index in [0.29, 0.717) is 43.7 Å². The van der Waals surface area contributed by atoms with Crippen LogP contribution in [0.5, 0.6) is 0 Å². The number of carbonyl (C=O) groups excluding carboxylic acids is 1. The lowest BCUT2D eigenvalue weighted by atomic mass is 9.88. The Morgan fingerprint density at radius 1 is 1.14 bits per heavy atom. The zero-order valence-corrected chi connectivity index (χ0v) is 25.0. The van der Waals surface area contributed by atoms with Crippen molar-refractivity contribution in [3.05, 3.63) is 77.5 Å². The molecule has 4 aromatic rings. The summed E-state index contributed by atoms with van der Waals surface area (Å²) in [7, 11) is 3.05. The SMILES string of the molecule is COC(=O)N(C)[C@@H]1[C@H](N)CN(c2ccncc2Cc2ncc3ccc(-c4c(F)cc(C5(F)CCCC5)cc4F)nn23)C[C@@H]1C. The fraction of sp³-hybridized carbons (Fsp3) is 0.438. The highest BCUT2D eigenvalue weighted by Gasteiger charge is 2.38. The van der Waals surface area contributed by atoms with Gasteiger partial charge in [0.15, 0.2) is 0 Å². The molecule has 1 aliphatic carbocycles. The van der Waals surface area contributed by atoms with Crippen molar-refractivity contribution in [2.75, 3.05) is 32.1 Å². The van der Waals surface area contributed by atoms with Crippen molar-refractivity contribution in [3.8, 4) is 11.3 Å². The van der Waals surface area contributed by atoms with E-state index in [4.69, 9.17) is 10.5 Å². The molecule has 232 valence electrons. The number of aromatic nitrogens is 4. The average molecular weight is 608 g/mol. The minimum atomic E-state index is -1.70. The first-order chi connectivity index (χ1) is 21.1. The second-order valence-corrected chi connectivity index (χ2v) is 12.0. The number of amides is 1. The molecule has 2 fully saturated rings. The number of hydrogen-bond acceptors (Lipinski definition) is 7. The van der Waals surface area contributed by atoms with E-state index in [0.717, 1.165) is 23.4 Å². The third kappa shape index (κ3) is 5.36. The first kappa shape index (κ1) is 29.9. The number of anilines is 1. The molecule has 1 amide bonds. The van der Waals surface area contributed by atoms with E-state index in [1.54, 1.807) is 41.1 Å². The molecule has 1 aliphatic heterocycles. The minimum absolute atomic E-state index is 0.0391. The van der Waals surface area contributed by atoms with Gasteiger partial charge in [-0.2, -0.15) is 5.10 Å². The van der Waals surface area contributed by atoms with Gasteiger partial charge >= 0.3 is 6.09 Å². The van der Waals surface area contributed by atoms with Crippen LogP contribution in [0.15, 0.2) is 48.9 Å². The molecule has 0 radical (unpaired) electrons. The fourth-order valence-electron chi connectivity index (χ4n) is 6.97. The predicted octanol–water partition coefficient (Wildman–Crippen LogP) is 5.25. The van der Waals surface area contributed by atoms with Gasteiger partial charge in [-0.05, 0) is 67.5 Å². The molecule has 0 bridgehead atoms. The maximum Gasteiger partial charge on any atom is 0.409 e. The van der Waals surface area contributed by atoms with Crippen LogP contribution in [-0.2, 0) is 16.8 Å². The normalized spacial score (nSPS) is 21.5. The number of carbonyl (C=O) groups is 1. The van der Waals surface area contributed by atoms with Crippen molar-refractivity contribution >= 4 is 17.3 Å². The first-order valence-corrected chi connectivity index (χ1v) is 14.9. The number of likely N-dealkylation sites (N-methyl/N-ethyl adjacent to an activating group) is 1. The monoisotopic (exact) mass is 607 g/mol. The maximum atomic E-state index is 15.3. The van der Waals surface area contributed by atoms with E-state index in [-0.39, 0.29) is 47.7 Å². The largest absolute Gasteiger partial charge is 0.453 e. The van der Waals surface area contributed by atoms with Gasteiger partial charge in [0.05, 0.1) is 36.1 Å². The number of benzene rings is 1. The summed E-state index contributed by atoms with van der Waals surface area (Å²) in [6.07, 6.45) is 6.95. The van der Waals surface area contributed by atoms with Crippen molar-refractivity contribution in [2.24, 2.45) is 11.7 Å². The molecule has 3 atom stereocenters. The topological polar surface area (TPSA) is 102 Å². The van der Waals surface area contributed by atoms with Gasteiger partial charge in [0, 0.05) is 56.2 Å². The Kier molecular flexibility index (Phi) is 7.95. The van der Waals surface area contributed by atoms with Crippen molar-refractivity contribution in [1.29, 1.82) is 0 Å². The molecule has 0 unspecified atom stereocenters. The summed E-state index contributed by atoms with van der Waals surface area (Å²) in [6.45, 7) is 3.21. The molecule has 1 saturated heterocycles. The highest BCUT2D eigenvalue weighted by Crippen LogP contribution is 2.43. The van der Waals surface area contributed by atoms with E-state index < -0.39 is 23.4 Å². The smallest absolute Gasteiger partial charge is 0.409 e. The molecule has 1 aromatic carbocycles. The molecule has 4 heterocycles. The summed E-state index contributed by atoms with van der Waals surface area (Å²) in [5, 5.41) is 4.57. The highest BCUT2D eigenvalue weighted by molar-refractivity contribution is 5.68. The number of fused-ring (bicyclic) bond motifs is 1. The summed E-state index contributed by atoms with van der Waals surface area (Å²) in [5.74, 6) is -1.09. The van der Waals surface area contributed by atoms with Crippen LogP contribution >= 0.6 is 0 Å². The van der Waals surface area contributed by atoms with Crippen LogP contribution in [-0.4, -0.2) is 69.9 Å². The minimum Gasteiger partial charge on any atom is -0.453 e. The van der Waals surface area contributed by atoms with E-state index in [1.165, 1.54) is 13.2 Å². The number of pyridine rings is 1. The van der Waals surface area contributed by atoms with Crippen molar-refractivity contribution < 1.29 is 22.7 Å². The van der Waals surface area contributed by atoms with Crippen molar-refractivity contribution in [2.45, 2.75) is 56.8 Å². The van der Waals surface area contributed by atoms with Crippen LogP contribution in [0.4, 0.5) is 23.7 Å². The lowest BCUT2D eigenvalue weighted by Crippen LogP contribution is -2.62. The summed E-state index contributed by atoms with van der Waals surface area (Å²) in [6, 6.07) is 6.85. The third-order valence-corrected chi connectivity index (χ3v) is 9.10. The van der Waals surface area contributed by atoms with Crippen LogP contribution < -0.4 is 10.6 Å². The zero-order valence-electron chi connectivity index (χ0n) is 25.0. The molecule has 12 heteroatoms. The van der Waals surface area contributed by atoms with Gasteiger partial charge < -0.3 is 20.3 Å². The molecule has 3 aromatic heterocycles. The lowest BCUT2D eigenvalue weighted by molar-refractivity contribution is 0.0905. The van der Waals surface area contributed by atoms with Gasteiger partial charge in [0.25, 0.3) is 0 Å². The molecule has 2 N–H and O–H groups in total. The zero-order chi connectivity index (χ0) is 31.2. The number of nitrogens with zero attached hydrogens (tertiary/aromatic N) is 6. The quantitative estimate of drug-likeness (QED) is 0.320. The second kappa shape index (κ2) is 11.7. The second-order valence-electron chi connectivity index (χ2n) is 12.0. The van der Waals surface area contributed by atoms with E-state index in [1.807, 2.05) is 6.07 Å². The number of imidazole rings is 1. The van der Waals surface area contributed by atoms with Crippen LogP contribution in [0.1, 0.15) is 49.6 Å². The predicted molar refractivity (Wildman–Crippen MR) is 160 cm³/mol. The van der Waals surface area contributed by atoms with Gasteiger partial charge in [-0.3, -0.25) is 4.98 Å². The Morgan fingerprint density at radius 3 is 2.55 bits per heavy atom. The Bertz CT molecular complexity index is 1650. The number of rotatable bonds is 6. The summed E-state index contributed by atoms with van der Waals surface area (Å²) in [5.41, 5.74) is 7.15. The molecule has 9 nitrogen and oxygen atoms in total. The van der Waals surface area contributed by atoms with E-state index in [9.17, 15) is 4.79 Å². The van der Waals surface area contributed by atoms with Crippen molar-refractivity contribution in [3.63, 3.8) is 0 Å². The van der Waals surface area contributed by atoms with Crippen LogP contribution in [0, 0.1) is 17.6 Å². The van der Waals surface area contributed by atoms with Crippen LogP contribution in [0.25, 0.3) is 16.8 Å². The number of halogens is 3. The van der Waals surface area contributed by atoms with Crippen LogP contribution in [0.2, 0.25) is 0 Å². The van der Waals surface area contributed by atoms with Gasteiger partial charge in [-0.25, -0.2) is 27.5 Å². The Hall–Kier alpha value is -4.19. The van der Waals surface area contributed by atoms with Crippen molar-refractivity contribution in [1.82, 2.24) is 24.5 Å². The number of alkyl halides is 1. The Balaban J connectivity index is 1.28. The summed E-state index contributed by atoms with van der Waals surface area (Å²) >= 11 is 0. The molecule has 1 saturated carbocycles.